The number of aromatic nitrogens is 5. The Bertz CT molecular complexity index is 1180. The van der Waals surface area contributed by atoms with E-state index < -0.39 is 11.7 Å². The van der Waals surface area contributed by atoms with E-state index >= 15 is 0 Å². The van der Waals surface area contributed by atoms with Crippen molar-refractivity contribution in [1.29, 1.82) is 0 Å². The van der Waals surface area contributed by atoms with Gasteiger partial charge in [-0.3, -0.25) is 4.79 Å². The minimum absolute atomic E-state index is 0.0256. The number of aryl methyl sites for hydroxylation is 1. The second-order valence-corrected chi connectivity index (χ2v) is 8.36. The highest BCUT2D eigenvalue weighted by atomic mass is 19.4. The number of rotatable bonds is 3. The molecule has 3 aromatic heterocycles. The van der Waals surface area contributed by atoms with Gasteiger partial charge in [0.1, 0.15) is 11.5 Å². The summed E-state index contributed by atoms with van der Waals surface area (Å²) in [6.45, 7) is 1.88. The molecule has 164 valence electrons. The second-order valence-electron chi connectivity index (χ2n) is 8.36. The number of nitrogens with zero attached hydrogens (tertiary/aromatic N) is 7. The number of amides is 1. The first-order valence-corrected chi connectivity index (χ1v) is 10.3. The number of anilines is 1. The lowest BCUT2D eigenvalue weighted by Gasteiger charge is -2.28. The third-order valence-electron chi connectivity index (χ3n) is 6.69. The van der Waals surface area contributed by atoms with Crippen LogP contribution in [0.25, 0.3) is 5.69 Å². The number of piperazine rings is 1. The molecule has 0 aromatic carbocycles. The molecular formula is C21H18F3N7O. The molecule has 3 fully saturated rings. The molecule has 0 saturated carbocycles. The van der Waals surface area contributed by atoms with Crippen molar-refractivity contribution in [1.82, 2.24) is 29.9 Å². The molecule has 0 radical (unpaired) electrons. The molecule has 2 bridgehead atoms. The number of hydrogen-bond donors (Lipinski definition) is 0. The van der Waals surface area contributed by atoms with Crippen molar-refractivity contribution in [3.63, 3.8) is 0 Å². The zero-order chi connectivity index (χ0) is 22.2. The summed E-state index contributed by atoms with van der Waals surface area (Å²) in [5, 5.41) is 8.34. The highest BCUT2D eigenvalue weighted by Crippen LogP contribution is 2.54. The molecule has 4 atom stereocenters. The molecule has 6 rings (SSSR count). The lowest BCUT2D eigenvalue weighted by molar-refractivity contribution is -0.137. The van der Waals surface area contributed by atoms with Crippen molar-refractivity contribution in [3.05, 3.63) is 59.8 Å². The quantitative estimate of drug-likeness (QED) is 0.582. The zero-order valence-electron chi connectivity index (χ0n) is 16.9. The van der Waals surface area contributed by atoms with Crippen LogP contribution in [0.5, 0.6) is 0 Å². The number of fused-ring (bicyclic) bond motifs is 5. The van der Waals surface area contributed by atoms with Gasteiger partial charge in [-0.15, -0.1) is 4.80 Å². The van der Waals surface area contributed by atoms with Gasteiger partial charge in [0.05, 0.1) is 42.1 Å². The first kappa shape index (κ1) is 19.2. The minimum Gasteiger partial charge on any atom is -0.342 e. The van der Waals surface area contributed by atoms with Gasteiger partial charge in [0.25, 0.3) is 5.91 Å². The molecule has 8 nitrogen and oxygen atoms in total. The average Bonchev–Trinajstić information content (AvgIpc) is 3.11. The van der Waals surface area contributed by atoms with E-state index in [0.717, 1.165) is 30.7 Å². The van der Waals surface area contributed by atoms with Crippen molar-refractivity contribution in [2.75, 3.05) is 4.90 Å². The zero-order valence-corrected chi connectivity index (χ0v) is 16.9. The Hall–Kier alpha value is -3.50. The van der Waals surface area contributed by atoms with Crippen LogP contribution in [-0.2, 0) is 6.18 Å². The monoisotopic (exact) mass is 441 g/mol. The van der Waals surface area contributed by atoms with Gasteiger partial charge < -0.3 is 9.80 Å². The van der Waals surface area contributed by atoms with Gasteiger partial charge in [0, 0.05) is 12.4 Å². The maximum Gasteiger partial charge on any atom is 0.417 e. The predicted octanol–water partition coefficient (Wildman–Crippen LogP) is 2.63. The molecule has 0 spiro atoms. The molecule has 32 heavy (non-hydrogen) atoms. The Labute approximate surface area is 180 Å². The molecule has 1 amide bonds. The highest BCUT2D eigenvalue weighted by molar-refractivity contribution is 5.97. The van der Waals surface area contributed by atoms with Crippen LogP contribution in [0.3, 0.4) is 0 Å². The van der Waals surface area contributed by atoms with E-state index in [2.05, 4.69) is 20.2 Å². The van der Waals surface area contributed by atoms with E-state index in [1.165, 1.54) is 10.9 Å². The summed E-state index contributed by atoms with van der Waals surface area (Å²) in [5.74, 6) is 0.355. The van der Waals surface area contributed by atoms with Crippen LogP contribution in [-0.4, -0.2) is 59.9 Å². The Balaban J connectivity index is 1.27. The fourth-order valence-corrected chi connectivity index (χ4v) is 5.36. The van der Waals surface area contributed by atoms with Crippen LogP contribution in [0, 0.1) is 6.92 Å². The smallest absolute Gasteiger partial charge is 0.342 e. The van der Waals surface area contributed by atoms with Crippen molar-refractivity contribution in [2.24, 2.45) is 0 Å². The minimum atomic E-state index is -4.41. The molecule has 3 aliphatic rings. The normalized spacial score (nSPS) is 25.9. The summed E-state index contributed by atoms with van der Waals surface area (Å²) in [7, 11) is 0. The molecule has 6 heterocycles. The van der Waals surface area contributed by atoms with Crippen LogP contribution in [0.4, 0.5) is 19.0 Å². The fourth-order valence-electron chi connectivity index (χ4n) is 5.36. The van der Waals surface area contributed by atoms with E-state index in [4.69, 9.17) is 0 Å². The van der Waals surface area contributed by atoms with Gasteiger partial charge in [0.15, 0.2) is 5.69 Å². The first-order chi connectivity index (χ1) is 15.4. The van der Waals surface area contributed by atoms with Crippen LogP contribution < -0.4 is 4.90 Å². The summed E-state index contributed by atoms with van der Waals surface area (Å²) < 4.78 is 38.6. The number of carbonyl (C=O) groups is 1. The third-order valence-corrected chi connectivity index (χ3v) is 6.69. The summed E-state index contributed by atoms with van der Waals surface area (Å²) in [5.41, 5.74) is 0.937. The van der Waals surface area contributed by atoms with Crippen LogP contribution in [0.15, 0.2) is 43.0 Å². The summed E-state index contributed by atoms with van der Waals surface area (Å²) in [6, 6.07) is 4.36. The van der Waals surface area contributed by atoms with E-state index in [0.29, 0.717) is 17.2 Å². The number of hydrogen-bond acceptors (Lipinski definition) is 6. The standard InChI is InChI=1S/C21H18F3N7O/c1-11-6-7-25-16(17(11)31-27-8-9-28-31)20(32)29-13-3-4-14(29)19-18(13)30(19)15-5-2-12(10-26-15)21(22,23)24/h2,5-10,13-14,18-19H,3-4H2,1H3. The SMILES string of the molecule is Cc1ccnc(C(=O)N2C3CCC2C2C3N2c2ccc(C(F)(F)F)cn2)c1-n1nccn1. The molecule has 0 aliphatic carbocycles. The molecule has 11 heteroatoms. The largest absolute Gasteiger partial charge is 0.417 e. The van der Waals surface area contributed by atoms with E-state index in [1.807, 2.05) is 22.8 Å². The number of pyridine rings is 2. The molecular weight excluding hydrogens is 423 g/mol. The Morgan fingerprint density at radius 1 is 1.00 bits per heavy atom. The van der Waals surface area contributed by atoms with E-state index in [1.54, 1.807) is 18.6 Å². The molecule has 0 N–H and O–H groups in total. The number of halogens is 3. The topological polar surface area (TPSA) is 79.8 Å². The van der Waals surface area contributed by atoms with Crippen molar-refractivity contribution in [3.8, 4) is 5.69 Å². The second kappa shape index (κ2) is 6.50. The lowest BCUT2D eigenvalue weighted by atomic mass is 10.0. The Kier molecular flexibility index (Phi) is 3.90. The van der Waals surface area contributed by atoms with Gasteiger partial charge in [-0.2, -0.15) is 23.4 Å². The van der Waals surface area contributed by atoms with Crippen molar-refractivity contribution < 1.29 is 18.0 Å². The average molecular weight is 441 g/mol. The van der Waals surface area contributed by atoms with Crippen LogP contribution >= 0.6 is 0 Å². The van der Waals surface area contributed by atoms with Crippen molar-refractivity contribution in [2.45, 2.75) is 50.1 Å². The maximum absolute atomic E-state index is 13.6. The lowest BCUT2D eigenvalue weighted by Crippen LogP contribution is -2.43. The van der Waals surface area contributed by atoms with Gasteiger partial charge in [0.2, 0.25) is 0 Å². The first-order valence-electron chi connectivity index (χ1n) is 10.3. The van der Waals surface area contributed by atoms with Crippen molar-refractivity contribution >= 4 is 11.7 Å². The summed E-state index contributed by atoms with van der Waals surface area (Å²) in [6.07, 6.45) is 2.84. The summed E-state index contributed by atoms with van der Waals surface area (Å²) in [4.78, 5) is 27.3. The maximum atomic E-state index is 13.6. The third kappa shape index (κ3) is 2.66. The van der Waals surface area contributed by atoms with Gasteiger partial charge >= 0.3 is 6.18 Å². The number of alkyl halides is 3. The van der Waals surface area contributed by atoms with Crippen LogP contribution in [0.2, 0.25) is 0 Å². The van der Waals surface area contributed by atoms with Gasteiger partial charge in [-0.25, -0.2) is 9.97 Å². The fraction of sp³-hybridized carbons (Fsp3) is 0.381. The predicted molar refractivity (Wildman–Crippen MR) is 106 cm³/mol. The number of carbonyl (C=O) groups excluding carboxylic acids is 1. The Morgan fingerprint density at radius 3 is 2.28 bits per heavy atom. The molecule has 4 unspecified atom stereocenters. The summed E-state index contributed by atoms with van der Waals surface area (Å²) >= 11 is 0. The van der Waals surface area contributed by atoms with Crippen LogP contribution in [0.1, 0.15) is 34.5 Å². The van der Waals surface area contributed by atoms with E-state index in [-0.39, 0.29) is 30.1 Å². The Morgan fingerprint density at radius 2 is 1.69 bits per heavy atom. The molecule has 3 aromatic rings. The highest BCUT2D eigenvalue weighted by Gasteiger charge is 2.69. The molecule has 3 aliphatic heterocycles. The van der Waals surface area contributed by atoms with Gasteiger partial charge in [-0.05, 0) is 43.5 Å². The van der Waals surface area contributed by atoms with Gasteiger partial charge in [-0.1, -0.05) is 0 Å². The molecule has 3 saturated heterocycles. The van der Waals surface area contributed by atoms with E-state index in [9.17, 15) is 18.0 Å².